The number of nitrogens with zero attached hydrogens (tertiary/aromatic N) is 4. The van der Waals surface area contributed by atoms with Gasteiger partial charge in [-0.2, -0.15) is 18.4 Å². The summed E-state index contributed by atoms with van der Waals surface area (Å²) in [4.78, 5) is 12.1. The number of hydrogen-bond donors (Lipinski definition) is 6. The third-order valence-corrected chi connectivity index (χ3v) is 9.26. The van der Waals surface area contributed by atoms with Crippen molar-refractivity contribution in [3.63, 3.8) is 0 Å². The van der Waals surface area contributed by atoms with E-state index in [4.69, 9.17) is 26.5 Å². The summed E-state index contributed by atoms with van der Waals surface area (Å²) in [5.74, 6) is -2.91. The van der Waals surface area contributed by atoms with Gasteiger partial charge in [-0.15, -0.1) is 10.2 Å². The molecular weight excluding hydrogens is 615 g/mol. The van der Waals surface area contributed by atoms with Gasteiger partial charge < -0.3 is 16.6 Å². The quantitative estimate of drug-likeness (QED) is 0.172. The summed E-state index contributed by atoms with van der Waals surface area (Å²) in [7, 11) is -8.89. The molecule has 1 aliphatic rings. The number of tetrazole rings is 1. The first kappa shape index (κ1) is 30.2. The summed E-state index contributed by atoms with van der Waals surface area (Å²) in [5.41, 5.74) is 12.8. The second-order valence-electron chi connectivity index (χ2n) is 8.65. The number of nitrogen functional groups attached to an aromatic ring is 1. The van der Waals surface area contributed by atoms with Gasteiger partial charge in [-0.25, -0.2) is 36.5 Å². The smallest absolute Gasteiger partial charge is 0.475 e. The van der Waals surface area contributed by atoms with Gasteiger partial charge in [0.15, 0.2) is 5.13 Å². The molecule has 4 aromatic rings. The third-order valence-electron chi connectivity index (χ3n) is 5.73. The van der Waals surface area contributed by atoms with Crippen LogP contribution in [0, 0.1) is 0 Å². The summed E-state index contributed by atoms with van der Waals surface area (Å²) < 4.78 is 87.1. The topological polar surface area (TPSA) is 263 Å². The van der Waals surface area contributed by atoms with Crippen molar-refractivity contribution < 1.29 is 39.9 Å². The zero-order chi connectivity index (χ0) is 30.3. The van der Waals surface area contributed by atoms with E-state index in [1.54, 1.807) is 12.1 Å². The molecule has 2 heterocycles. The maximum Gasteiger partial charge on any atom is 0.490 e. The van der Waals surface area contributed by atoms with Crippen LogP contribution < -0.4 is 21.3 Å². The summed E-state index contributed by atoms with van der Waals surface area (Å²) in [6.45, 7) is 0. The number of rotatable bonds is 6. The van der Waals surface area contributed by atoms with Gasteiger partial charge in [0.05, 0.1) is 15.8 Å². The SMILES string of the molecule is Nc1nc2c(-c3ccc(S(=O)(=O)NC4CC(N)C4)c(S(N)(=O)=O)c3-c3nn[nH]n3)cccc2s1.O=C(O)C(F)(F)F. The highest BCUT2D eigenvalue weighted by Gasteiger charge is 2.38. The number of anilines is 1. The molecule has 2 aromatic heterocycles. The normalized spacial score (nSPS) is 17.5. The van der Waals surface area contributed by atoms with E-state index in [1.165, 1.54) is 23.5 Å². The number of aromatic nitrogens is 5. The number of H-pyrrole nitrogens is 1. The van der Waals surface area contributed by atoms with Gasteiger partial charge >= 0.3 is 12.1 Å². The number of aromatic amines is 1. The largest absolute Gasteiger partial charge is 0.490 e. The lowest BCUT2D eigenvalue weighted by atomic mass is 9.89. The van der Waals surface area contributed by atoms with Crippen molar-refractivity contribution in [1.82, 2.24) is 30.3 Å². The molecule has 0 radical (unpaired) electrons. The van der Waals surface area contributed by atoms with E-state index in [0.717, 1.165) is 4.70 Å². The summed E-state index contributed by atoms with van der Waals surface area (Å²) >= 11 is 1.26. The number of halogens is 3. The standard InChI is InChI=1S/C18H19N9O4S3.C2HF3O2/c19-8-6-9(7-8)25-34(30,31)13-5-4-10(11-2-1-3-12-15(11)22-18(20)32-12)14(16(13)33(21,28)29)17-23-26-27-24-17;3-2(4,5)1(6)7/h1-5,8-9,25H,6-7,19H2,(H2,20,22)(H2,21,28,29)(H,23,24,26,27);(H,6,7). The maximum absolute atomic E-state index is 13.2. The highest BCUT2D eigenvalue weighted by Crippen LogP contribution is 2.42. The van der Waals surface area contributed by atoms with Gasteiger partial charge in [0.2, 0.25) is 25.9 Å². The van der Waals surface area contributed by atoms with E-state index < -0.39 is 48.0 Å². The van der Waals surface area contributed by atoms with E-state index in [9.17, 15) is 30.0 Å². The summed E-state index contributed by atoms with van der Waals surface area (Å²) in [6.07, 6.45) is -4.21. The number of primary sulfonamides is 1. The zero-order valence-corrected chi connectivity index (χ0v) is 22.8. The first-order valence-electron chi connectivity index (χ1n) is 11.2. The van der Waals surface area contributed by atoms with Crippen LogP contribution >= 0.6 is 11.3 Å². The molecule has 0 aliphatic heterocycles. The number of nitrogens with one attached hydrogen (secondary N) is 2. The molecule has 5 rings (SSSR count). The molecule has 0 unspecified atom stereocenters. The Morgan fingerprint density at radius 3 is 2.32 bits per heavy atom. The Bertz CT molecular complexity index is 1820. The Kier molecular flexibility index (Phi) is 8.03. The Morgan fingerprint density at radius 2 is 1.78 bits per heavy atom. The molecule has 0 bridgehead atoms. The molecule has 0 amide bonds. The number of alkyl halides is 3. The van der Waals surface area contributed by atoms with Gasteiger partial charge in [-0.05, 0) is 35.8 Å². The number of carbonyl (C=O) groups is 1. The van der Waals surface area contributed by atoms with E-state index in [-0.39, 0.29) is 17.4 Å². The van der Waals surface area contributed by atoms with Crippen molar-refractivity contribution in [1.29, 1.82) is 0 Å². The number of aliphatic carboxylic acids is 1. The molecule has 15 nitrogen and oxygen atoms in total. The van der Waals surface area contributed by atoms with Crippen LogP contribution in [0.25, 0.3) is 32.7 Å². The Labute approximate surface area is 233 Å². The molecule has 220 valence electrons. The Hall–Kier alpha value is -3.76. The van der Waals surface area contributed by atoms with Gasteiger partial charge in [-0.3, -0.25) is 0 Å². The summed E-state index contributed by atoms with van der Waals surface area (Å²) in [6, 6.07) is 7.39. The second-order valence-corrected chi connectivity index (χ2v) is 12.9. The number of hydrogen-bond acceptors (Lipinski definition) is 12. The molecule has 1 fully saturated rings. The van der Waals surface area contributed by atoms with Crippen molar-refractivity contribution in [3.05, 3.63) is 30.3 Å². The van der Waals surface area contributed by atoms with Crippen molar-refractivity contribution in [2.24, 2.45) is 10.9 Å². The van der Waals surface area contributed by atoms with Crippen LogP contribution in [-0.4, -0.2) is 71.8 Å². The molecule has 0 saturated heterocycles. The predicted octanol–water partition coefficient (Wildman–Crippen LogP) is 0.774. The van der Waals surface area contributed by atoms with Crippen LogP contribution in [0.3, 0.4) is 0 Å². The van der Waals surface area contributed by atoms with Crippen LogP contribution in [0.15, 0.2) is 40.1 Å². The molecule has 0 atom stereocenters. The second kappa shape index (κ2) is 10.9. The van der Waals surface area contributed by atoms with Gasteiger partial charge in [0, 0.05) is 17.6 Å². The van der Waals surface area contributed by atoms with Crippen LogP contribution in [0.4, 0.5) is 18.3 Å². The lowest BCUT2D eigenvalue weighted by Gasteiger charge is -2.32. The van der Waals surface area contributed by atoms with Crippen LogP contribution in [0.1, 0.15) is 12.8 Å². The van der Waals surface area contributed by atoms with Gasteiger partial charge in [-0.1, -0.05) is 29.5 Å². The number of benzene rings is 2. The van der Waals surface area contributed by atoms with E-state index in [1.807, 2.05) is 6.07 Å². The Balaban J connectivity index is 0.000000493. The first-order chi connectivity index (χ1) is 19.0. The van der Waals surface area contributed by atoms with E-state index >= 15 is 0 Å². The van der Waals surface area contributed by atoms with Crippen molar-refractivity contribution in [3.8, 4) is 22.5 Å². The number of para-hydroxylation sites is 1. The number of fused-ring (bicyclic) bond motifs is 1. The average Bonchev–Trinajstić information content (AvgIpc) is 3.50. The van der Waals surface area contributed by atoms with E-state index in [2.05, 4.69) is 30.3 Å². The highest BCUT2D eigenvalue weighted by atomic mass is 32.2. The van der Waals surface area contributed by atoms with Crippen molar-refractivity contribution in [2.75, 3.05) is 5.73 Å². The highest BCUT2D eigenvalue weighted by molar-refractivity contribution is 7.92. The van der Waals surface area contributed by atoms with Crippen molar-refractivity contribution >= 4 is 52.7 Å². The van der Waals surface area contributed by atoms with Crippen LogP contribution in [0.5, 0.6) is 0 Å². The minimum absolute atomic E-state index is 0.117. The number of thiazole rings is 1. The first-order valence-corrected chi connectivity index (χ1v) is 15.0. The fraction of sp³-hybridized carbons (Fsp3) is 0.250. The lowest BCUT2D eigenvalue weighted by Crippen LogP contribution is -2.50. The minimum atomic E-state index is -5.08. The molecule has 21 heteroatoms. The molecular formula is C20H20F3N9O6S3. The zero-order valence-electron chi connectivity index (χ0n) is 20.3. The van der Waals surface area contributed by atoms with Gasteiger partial charge in [0.1, 0.15) is 9.79 Å². The number of nitrogens with two attached hydrogens (primary N) is 3. The fourth-order valence-corrected chi connectivity index (χ4v) is 7.62. The minimum Gasteiger partial charge on any atom is -0.475 e. The maximum atomic E-state index is 13.2. The lowest BCUT2D eigenvalue weighted by molar-refractivity contribution is -0.192. The summed E-state index contributed by atoms with van der Waals surface area (Å²) in [5, 5.41) is 26.6. The molecule has 1 aliphatic carbocycles. The molecule has 9 N–H and O–H groups in total. The predicted molar refractivity (Wildman–Crippen MR) is 139 cm³/mol. The van der Waals surface area contributed by atoms with Gasteiger partial charge in [0.25, 0.3) is 0 Å². The Morgan fingerprint density at radius 1 is 1.12 bits per heavy atom. The number of sulfonamides is 2. The molecule has 41 heavy (non-hydrogen) atoms. The average molecular weight is 636 g/mol. The third kappa shape index (κ3) is 6.44. The molecule has 2 aromatic carbocycles. The molecule has 1 saturated carbocycles. The number of carboxylic acids is 1. The van der Waals surface area contributed by atoms with Crippen LogP contribution in [-0.2, 0) is 24.8 Å². The molecule has 0 spiro atoms. The van der Waals surface area contributed by atoms with Crippen LogP contribution in [0.2, 0.25) is 0 Å². The fourth-order valence-electron chi connectivity index (χ4n) is 4.00. The monoisotopic (exact) mass is 635 g/mol. The van der Waals surface area contributed by atoms with E-state index in [0.29, 0.717) is 34.6 Å². The number of carboxylic acid groups (broad SMARTS) is 1. The van der Waals surface area contributed by atoms with Crippen molar-refractivity contribution in [2.45, 2.75) is 40.9 Å².